The van der Waals surface area contributed by atoms with Crippen molar-refractivity contribution in [2.75, 3.05) is 6.61 Å². The average Bonchev–Trinajstić information content (AvgIpc) is 2.82. The largest absolute Gasteiger partial charge is 0.493 e. The van der Waals surface area contributed by atoms with Crippen molar-refractivity contribution in [2.45, 2.75) is 6.92 Å². The third-order valence-electron chi connectivity index (χ3n) is 2.88. The van der Waals surface area contributed by atoms with Gasteiger partial charge in [-0.1, -0.05) is 23.7 Å². The normalized spacial score (nSPS) is 10.8. The van der Waals surface area contributed by atoms with Gasteiger partial charge < -0.3 is 9.14 Å². The summed E-state index contributed by atoms with van der Waals surface area (Å²) >= 11 is 5.98. The van der Waals surface area contributed by atoms with Gasteiger partial charge in [-0.25, -0.2) is 4.98 Å². The Hall–Kier alpha value is -2.00. The number of benzene rings is 1. The molecule has 0 saturated carbocycles. The molecular formula is C15H13ClN2O. The van der Waals surface area contributed by atoms with Crippen molar-refractivity contribution in [1.82, 2.24) is 9.38 Å². The molecule has 96 valence electrons. The summed E-state index contributed by atoms with van der Waals surface area (Å²) in [6.07, 6.45) is 3.80. The van der Waals surface area contributed by atoms with Crippen molar-refractivity contribution < 1.29 is 4.74 Å². The van der Waals surface area contributed by atoms with E-state index in [1.54, 1.807) is 0 Å². The topological polar surface area (TPSA) is 26.5 Å². The van der Waals surface area contributed by atoms with E-state index in [9.17, 15) is 0 Å². The highest BCUT2D eigenvalue weighted by Crippen LogP contribution is 2.29. The van der Waals surface area contributed by atoms with Gasteiger partial charge >= 0.3 is 0 Å². The Kier molecular flexibility index (Phi) is 3.13. The van der Waals surface area contributed by atoms with Crippen molar-refractivity contribution in [3.63, 3.8) is 0 Å². The van der Waals surface area contributed by atoms with Crippen LogP contribution in [0.2, 0.25) is 5.02 Å². The van der Waals surface area contributed by atoms with E-state index in [0.29, 0.717) is 11.6 Å². The first-order chi connectivity index (χ1) is 9.28. The minimum Gasteiger partial charge on any atom is -0.493 e. The number of para-hydroxylation sites is 1. The van der Waals surface area contributed by atoms with Crippen LogP contribution < -0.4 is 4.74 Å². The van der Waals surface area contributed by atoms with Crippen LogP contribution in [0.4, 0.5) is 0 Å². The highest BCUT2D eigenvalue weighted by atomic mass is 35.5. The highest BCUT2D eigenvalue weighted by Gasteiger charge is 2.09. The van der Waals surface area contributed by atoms with Gasteiger partial charge in [-0.2, -0.15) is 0 Å². The Balaban J connectivity index is 2.13. The van der Waals surface area contributed by atoms with Crippen LogP contribution in [-0.4, -0.2) is 16.0 Å². The van der Waals surface area contributed by atoms with Gasteiger partial charge in [0, 0.05) is 18.0 Å². The first-order valence-corrected chi connectivity index (χ1v) is 6.52. The molecule has 0 atom stereocenters. The molecule has 0 bridgehead atoms. The summed E-state index contributed by atoms with van der Waals surface area (Å²) in [5, 5.41) is 0.689. The number of fused-ring (bicyclic) bond motifs is 1. The Morgan fingerprint density at radius 1 is 1.16 bits per heavy atom. The molecule has 0 fully saturated rings. The van der Waals surface area contributed by atoms with E-state index < -0.39 is 0 Å². The van der Waals surface area contributed by atoms with E-state index in [0.717, 1.165) is 22.7 Å². The van der Waals surface area contributed by atoms with Gasteiger partial charge in [0.2, 0.25) is 0 Å². The summed E-state index contributed by atoms with van der Waals surface area (Å²) in [5.74, 6) is 0.847. The molecule has 0 radical (unpaired) electrons. The van der Waals surface area contributed by atoms with Gasteiger partial charge in [-0.05, 0) is 31.2 Å². The first kappa shape index (κ1) is 12.1. The molecule has 3 aromatic rings. The molecule has 0 unspecified atom stereocenters. The lowest BCUT2D eigenvalue weighted by molar-refractivity contribution is 0.341. The van der Waals surface area contributed by atoms with Crippen LogP contribution in [0.15, 0.2) is 48.8 Å². The first-order valence-electron chi connectivity index (χ1n) is 6.14. The van der Waals surface area contributed by atoms with E-state index >= 15 is 0 Å². The lowest BCUT2D eigenvalue weighted by atomic mass is 10.1. The SMILES string of the molecule is CCOc1ccccc1-c1cn2cc(Cl)ccc2n1. The molecule has 4 heteroatoms. The van der Waals surface area contributed by atoms with Crippen molar-refractivity contribution in [1.29, 1.82) is 0 Å². The van der Waals surface area contributed by atoms with Crippen LogP contribution in [0.25, 0.3) is 16.9 Å². The van der Waals surface area contributed by atoms with Crippen LogP contribution in [0, 0.1) is 0 Å². The molecule has 3 nitrogen and oxygen atoms in total. The molecule has 0 aliphatic heterocycles. The van der Waals surface area contributed by atoms with Gasteiger partial charge in [0.05, 0.1) is 17.3 Å². The predicted octanol–water partition coefficient (Wildman–Crippen LogP) is 4.05. The lowest BCUT2D eigenvalue weighted by Gasteiger charge is -2.07. The van der Waals surface area contributed by atoms with Crippen LogP contribution in [0.1, 0.15) is 6.92 Å². The Labute approximate surface area is 116 Å². The van der Waals surface area contributed by atoms with Gasteiger partial charge in [0.15, 0.2) is 0 Å². The molecule has 0 aliphatic rings. The third-order valence-corrected chi connectivity index (χ3v) is 3.10. The van der Waals surface area contributed by atoms with Gasteiger partial charge in [0.25, 0.3) is 0 Å². The molecule has 0 saturated heterocycles. The van der Waals surface area contributed by atoms with Gasteiger partial charge in [-0.15, -0.1) is 0 Å². The zero-order valence-corrected chi connectivity index (χ0v) is 11.3. The number of ether oxygens (including phenoxy) is 1. The fraction of sp³-hybridized carbons (Fsp3) is 0.133. The third kappa shape index (κ3) is 2.29. The zero-order valence-electron chi connectivity index (χ0n) is 10.5. The second-order valence-corrected chi connectivity index (χ2v) is 4.60. The van der Waals surface area contributed by atoms with E-state index in [2.05, 4.69) is 4.98 Å². The molecule has 3 rings (SSSR count). The molecule has 2 heterocycles. The molecule has 19 heavy (non-hydrogen) atoms. The number of rotatable bonds is 3. The smallest absolute Gasteiger partial charge is 0.137 e. The maximum atomic E-state index is 5.98. The Bertz CT molecular complexity index is 721. The van der Waals surface area contributed by atoms with Gasteiger partial charge in [0.1, 0.15) is 11.4 Å². The number of aromatic nitrogens is 2. The Morgan fingerprint density at radius 2 is 2.00 bits per heavy atom. The minimum atomic E-state index is 0.635. The van der Waals surface area contributed by atoms with Crippen molar-refractivity contribution >= 4 is 17.2 Å². The van der Waals surface area contributed by atoms with E-state index in [4.69, 9.17) is 16.3 Å². The number of nitrogens with zero attached hydrogens (tertiary/aromatic N) is 2. The maximum absolute atomic E-state index is 5.98. The second-order valence-electron chi connectivity index (χ2n) is 4.17. The molecule has 0 N–H and O–H groups in total. The van der Waals surface area contributed by atoms with E-state index in [1.807, 2.05) is 60.1 Å². The molecule has 2 aromatic heterocycles. The highest BCUT2D eigenvalue weighted by molar-refractivity contribution is 6.30. The van der Waals surface area contributed by atoms with Crippen molar-refractivity contribution in [3.8, 4) is 17.0 Å². The average molecular weight is 273 g/mol. The van der Waals surface area contributed by atoms with Crippen molar-refractivity contribution in [2.24, 2.45) is 0 Å². The summed E-state index contributed by atoms with van der Waals surface area (Å²) in [7, 11) is 0. The number of hydrogen-bond donors (Lipinski definition) is 0. The summed E-state index contributed by atoms with van der Waals surface area (Å²) in [6, 6.07) is 11.6. The number of hydrogen-bond acceptors (Lipinski definition) is 2. The summed E-state index contributed by atoms with van der Waals surface area (Å²) < 4.78 is 7.55. The van der Waals surface area contributed by atoms with Crippen LogP contribution in [-0.2, 0) is 0 Å². The second kappa shape index (κ2) is 4.94. The van der Waals surface area contributed by atoms with E-state index in [1.165, 1.54) is 0 Å². The number of pyridine rings is 1. The van der Waals surface area contributed by atoms with Crippen LogP contribution >= 0.6 is 11.6 Å². The number of halogens is 1. The van der Waals surface area contributed by atoms with Crippen LogP contribution in [0.5, 0.6) is 5.75 Å². The minimum absolute atomic E-state index is 0.635. The van der Waals surface area contributed by atoms with Crippen LogP contribution in [0.3, 0.4) is 0 Å². The Morgan fingerprint density at radius 3 is 2.84 bits per heavy atom. The predicted molar refractivity (Wildman–Crippen MR) is 76.8 cm³/mol. The fourth-order valence-corrected chi connectivity index (χ4v) is 2.22. The lowest BCUT2D eigenvalue weighted by Crippen LogP contribution is -1.93. The fourth-order valence-electron chi connectivity index (χ4n) is 2.05. The quantitative estimate of drug-likeness (QED) is 0.719. The molecule has 0 spiro atoms. The monoisotopic (exact) mass is 272 g/mol. The summed E-state index contributed by atoms with van der Waals surface area (Å²) in [4.78, 5) is 4.59. The molecule has 1 aromatic carbocycles. The molecule has 0 aliphatic carbocycles. The standard InChI is InChI=1S/C15H13ClN2O/c1-2-19-14-6-4-3-5-12(14)13-10-18-9-11(16)7-8-15(18)17-13/h3-10H,2H2,1H3. The summed E-state index contributed by atoms with van der Waals surface area (Å²) in [5.41, 5.74) is 2.74. The summed E-state index contributed by atoms with van der Waals surface area (Å²) in [6.45, 7) is 2.61. The van der Waals surface area contributed by atoms with Crippen molar-refractivity contribution in [3.05, 3.63) is 53.8 Å². The zero-order chi connectivity index (χ0) is 13.2. The molecular weight excluding hydrogens is 260 g/mol. The van der Waals surface area contributed by atoms with E-state index in [-0.39, 0.29) is 0 Å². The maximum Gasteiger partial charge on any atom is 0.137 e. The molecule has 0 amide bonds. The van der Waals surface area contributed by atoms with Gasteiger partial charge in [-0.3, -0.25) is 0 Å². The number of imidazole rings is 1.